The molecule has 3 aromatic rings. The monoisotopic (exact) mass is 387 g/mol. The first-order chi connectivity index (χ1) is 12.6. The normalized spacial score (nSPS) is 10.6. The van der Waals surface area contributed by atoms with E-state index in [0.717, 1.165) is 17.7 Å². The SMILES string of the molecule is CCc1nnc(Nc2cnn(-c3ncc(Cl)cc3Cl)c2)c(C#N)c1CC. The van der Waals surface area contributed by atoms with Crippen molar-refractivity contribution in [2.75, 3.05) is 5.32 Å². The van der Waals surface area contributed by atoms with Crippen molar-refractivity contribution in [2.24, 2.45) is 0 Å². The average Bonchev–Trinajstić information content (AvgIpc) is 3.09. The summed E-state index contributed by atoms with van der Waals surface area (Å²) in [6, 6.07) is 3.82. The molecule has 3 aromatic heterocycles. The van der Waals surface area contributed by atoms with Gasteiger partial charge in [-0.05, 0) is 24.5 Å². The summed E-state index contributed by atoms with van der Waals surface area (Å²) in [5, 5.41) is 26.1. The highest BCUT2D eigenvalue weighted by Crippen LogP contribution is 2.25. The number of nitrogens with one attached hydrogen (secondary N) is 1. The van der Waals surface area contributed by atoms with Crippen LogP contribution >= 0.6 is 23.2 Å². The first-order valence-electron chi connectivity index (χ1n) is 7.99. The molecule has 3 rings (SSSR count). The molecule has 0 unspecified atom stereocenters. The number of halogens is 2. The Kier molecular flexibility index (Phi) is 5.35. The van der Waals surface area contributed by atoms with Crippen LogP contribution in [0.1, 0.15) is 30.7 Å². The summed E-state index contributed by atoms with van der Waals surface area (Å²) < 4.78 is 1.52. The minimum Gasteiger partial charge on any atom is -0.335 e. The predicted octanol–water partition coefficient (Wildman–Crippen LogP) is 4.10. The number of hydrogen-bond acceptors (Lipinski definition) is 6. The van der Waals surface area contributed by atoms with Crippen LogP contribution in [0.25, 0.3) is 5.82 Å². The van der Waals surface area contributed by atoms with Gasteiger partial charge in [-0.15, -0.1) is 5.10 Å². The zero-order valence-corrected chi connectivity index (χ0v) is 15.7. The lowest BCUT2D eigenvalue weighted by Gasteiger charge is -2.10. The minimum atomic E-state index is 0.380. The smallest absolute Gasteiger partial charge is 0.172 e. The zero-order valence-electron chi connectivity index (χ0n) is 14.2. The third-order valence-corrected chi connectivity index (χ3v) is 4.29. The maximum Gasteiger partial charge on any atom is 0.172 e. The van der Waals surface area contributed by atoms with Gasteiger partial charge < -0.3 is 5.32 Å². The van der Waals surface area contributed by atoms with Crippen LogP contribution in [0.3, 0.4) is 0 Å². The van der Waals surface area contributed by atoms with E-state index in [-0.39, 0.29) is 0 Å². The fourth-order valence-electron chi connectivity index (χ4n) is 2.60. The number of rotatable bonds is 5. The third-order valence-electron chi connectivity index (χ3n) is 3.81. The molecular weight excluding hydrogens is 373 g/mol. The van der Waals surface area contributed by atoms with Gasteiger partial charge in [-0.25, -0.2) is 9.67 Å². The minimum absolute atomic E-state index is 0.380. The second-order valence-corrected chi connectivity index (χ2v) is 6.27. The van der Waals surface area contributed by atoms with Gasteiger partial charge in [-0.2, -0.15) is 15.5 Å². The van der Waals surface area contributed by atoms with E-state index in [4.69, 9.17) is 23.2 Å². The molecule has 0 bridgehead atoms. The van der Waals surface area contributed by atoms with Gasteiger partial charge in [-0.1, -0.05) is 37.0 Å². The predicted molar refractivity (Wildman–Crippen MR) is 100 cm³/mol. The van der Waals surface area contributed by atoms with E-state index in [1.54, 1.807) is 18.5 Å². The first kappa shape index (κ1) is 18.1. The van der Waals surface area contributed by atoms with Gasteiger partial charge in [0.15, 0.2) is 11.6 Å². The quantitative estimate of drug-likeness (QED) is 0.707. The fourth-order valence-corrected chi connectivity index (χ4v) is 3.06. The van der Waals surface area contributed by atoms with Crippen LogP contribution in [0, 0.1) is 11.3 Å². The molecule has 0 fully saturated rings. The lowest BCUT2D eigenvalue weighted by molar-refractivity contribution is 0.847. The van der Waals surface area contributed by atoms with E-state index in [1.165, 1.54) is 10.9 Å². The first-order valence-corrected chi connectivity index (χ1v) is 8.74. The molecule has 0 saturated carbocycles. The highest BCUT2D eigenvalue weighted by molar-refractivity contribution is 6.35. The van der Waals surface area contributed by atoms with Crippen LogP contribution < -0.4 is 5.32 Å². The second-order valence-electron chi connectivity index (χ2n) is 5.43. The number of anilines is 2. The zero-order chi connectivity index (χ0) is 18.7. The molecule has 0 atom stereocenters. The molecule has 0 amide bonds. The Morgan fingerprint density at radius 2 is 2.00 bits per heavy atom. The van der Waals surface area contributed by atoms with Gasteiger partial charge in [0.25, 0.3) is 0 Å². The van der Waals surface area contributed by atoms with Crippen LogP contribution in [0.5, 0.6) is 0 Å². The number of nitrogens with zero attached hydrogens (tertiary/aromatic N) is 6. The Morgan fingerprint density at radius 1 is 1.19 bits per heavy atom. The molecule has 0 aliphatic carbocycles. The topological polar surface area (TPSA) is 92.3 Å². The summed E-state index contributed by atoms with van der Waals surface area (Å²) in [7, 11) is 0. The molecule has 0 spiro atoms. The summed E-state index contributed by atoms with van der Waals surface area (Å²) in [5.74, 6) is 0.850. The Morgan fingerprint density at radius 3 is 2.65 bits per heavy atom. The van der Waals surface area contributed by atoms with Gasteiger partial charge in [0, 0.05) is 6.20 Å². The van der Waals surface area contributed by atoms with E-state index < -0.39 is 0 Å². The molecule has 7 nitrogen and oxygen atoms in total. The molecular formula is C17H15Cl2N7. The van der Waals surface area contributed by atoms with E-state index in [9.17, 15) is 5.26 Å². The van der Waals surface area contributed by atoms with Crippen molar-refractivity contribution in [2.45, 2.75) is 26.7 Å². The number of pyridine rings is 1. The van der Waals surface area contributed by atoms with Crippen LogP contribution in [-0.2, 0) is 12.8 Å². The molecule has 1 N–H and O–H groups in total. The molecule has 0 aliphatic heterocycles. The second kappa shape index (κ2) is 7.68. The molecule has 9 heteroatoms. The molecule has 0 aromatic carbocycles. The number of aromatic nitrogens is 5. The Labute approximate surface area is 160 Å². The van der Waals surface area contributed by atoms with E-state index in [2.05, 4.69) is 31.7 Å². The van der Waals surface area contributed by atoms with Crippen LogP contribution in [0.2, 0.25) is 10.0 Å². The van der Waals surface area contributed by atoms with Crippen molar-refractivity contribution < 1.29 is 0 Å². The van der Waals surface area contributed by atoms with E-state index >= 15 is 0 Å². The largest absolute Gasteiger partial charge is 0.335 e. The van der Waals surface area contributed by atoms with Gasteiger partial charge in [0.1, 0.15) is 11.6 Å². The van der Waals surface area contributed by atoms with Gasteiger partial charge in [-0.3, -0.25) is 0 Å². The van der Waals surface area contributed by atoms with Crippen molar-refractivity contribution in [3.05, 3.63) is 51.5 Å². The van der Waals surface area contributed by atoms with Crippen molar-refractivity contribution >= 4 is 34.7 Å². The highest BCUT2D eigenvalue weighted by atomic mass is 35.5. The van der Waals surface area contributed by atoms with Gasteiger partial charge in [0.2, 0.25) is 0 Å². The standard InChI is InChI=1S/C17H15Cl2N7/c1-3-12-13(6-20)16(25-24-15(12)4-2)23-11-8-22-26(9-11)17-14(19)5-10(18)7-21-17/h5,7-9H,3-4H2,1-2H3,(H,23,25). The molecule has 0 aliphatic rings. The Hall–Kier alpha value is -2.69. The lowest BCUT2D eigenvalue weighted by atomic mass is 10.0. The fraction of sp³-hybridized carbons (Fsp3) is 0.235. The average molecular weight is 388 g/mol. The van der Waals surface area contributed by atoms with Gasteiger partial charge >= 0.3 is 0 Å². The summed E-state index contributed by atoms with van der Waals surface area (Å²) in [4.78, 5) is 4.18. The summed E-state index contributed by atoms with van der Waals surface area (Å²) >= 11 is 12.0. The molecule has 0 radical (unpaired) electrons. The van der Waals surface area contributed by atoms with Crippen molar-refractivity contribution in [1.82, 2.24) is 25.0 Å². The highest BCUT2D eigenvalue weighted by Gasteiger charge is 2.15. The third kappa shape index (κ3) is 3.47. The van der Waals surface area contributed by atoms with Crippen molar-refractivity contribution in [1.29, 1.82) is 5.26 Å². The molecule has 132 valence electrons. The van der Waals surface area contributed by atoms with Crippen LogP contribution in [0.15, 0.2) is 24.7 Å². The Bertz CT molecular complexity index is 991. The van der Waals surface area contributed by atoms with Crippen LogP contribution in [-0.4, -0.2) is 25.0 Å². The van der Waals surface area contributed by atoms with Gasteiger partial charge in [0.05, 0.1) is 33.8 Å². The van der Waals surface area contributed by atoms with Crippen molar-refractivity contribution in [3.63, 3.8) is 0 Å². The number of nitriles is 1. The maximum atomic E-state index is 9.56. The lowest BCUT2D eigenvalue weighted by Crippen LogP contribution is -2.07. The summed E-state index contributed by atoms with van der Waals surface area (Å²) in [6.45, 7) is 3.98. The van der Waals surface area contributed by atoms with E-state index in [1.807, 2.05) is 13.8 Å². The number of hydrogen-bond donors (Lipinski definition) is 1. The Balaban J connectivity index is 1.94. The van der Waals surface area contributed by atoms with E-state index in [0.29, 0.717) is 39.4 Å². The van der Waals surface area contributed by atoms with Crippen LogP contribution in [0.4, 0.5) is 11.5 Å². The molecule has 0 saturated heterocycles. The molecule has 26 heavy (non-hydrogen) atoms. The maximum absolute atomic E-state index is 9.56. The number of aryl methyl sites for hydroxylation is 1. The summed E-state index contributed by atoms with van der Waals surface area (Å²) in [6.07, 6.45) is 6.22. The van der Waals surface area contributed by atoms with Crippen molar-refractivity contribution in [3.8, 4) is 11.9 Å². The summed E-state index contributed by atoms with van der Waals surface area (Å²) in [5.41, 5.74) is 2.87. The molecule has 3 heterocycles.